The first-order valence-electron chi connectivity index (χ1n) is 9.44. The van der Waals surface area contributed by atoms with Crippen LogP contribution < -0.4 is 4.74 Å². The summed E-state index contributed by atoms with van der Waals surface area (Å²) < 4.78 is 11.7. The predicted molar refractivity (Wildman–Crippen MR) is 99.6 cm³/mol. The normalized spacial score (nSPS) is 18.7. The molecule has 3 heterocycles. The molecule has 27 heavy (non-hydrogen) atoms. The molecule has 1 saturated heterocycles. The van der Waals surface area contributed by atoms with Crippen LogP contribution in [-0.4, -0.2) is 46.8 Å². The van der Waals surface area contributed by atoms with Crippen molar-refractivity contribution in [2.24, 2.45) is 0 Å². The van der Waals surface area contributed by atoms with Crippen LogP contribution in [0.3, 0.4) is 0 Å². The number of carboxylic acid groups (broad SMARTS) is 1. The molecule has 6 nitrogen and oxygen atoms in total. The number of fused-ring (bicyclic) bond motifs is 1. The summed E-state index contributed by atoms with van der Waals surface area (Å²) >= 11 is 0. The summed E-state index contributed by atoms with van der Waals surface area (Å²) in [6.07, 6.45) is 6.19. The van der Waals surface area contributed by atoms with Crippen molar-refractivity contribution in [1.82, 2.24) is 9.88 Å². The van der Waals surface area contributed by atoms with E-state index in [2.05, 4.69) is 4.98 Å². The minimum atomic E-state index is -0.825. The highest BCUT2D eigenvalue weighted by molar-refractivity contribution is 5.77. The number of carboxylic acids is 1. The number of nitrogens with zero attached hydrogens (tertiary/aromatic N) is 2. The van der Waals surface area contributed by atoms with Gasteiger partial charge in [0.2, 0.25) is 0 Å². The third-order valence-electron chi connectivity index (χ3n) is 5.32. The fourth-order valence-electron chi connectivity index (χ4n) is 3.94. The third-order valence-corrected chi connectivity index (χ3v) is 5.32. The van der Waals surface area contributed by atoms with Crippen LogP contribution >= 0.6 is 0 Å². The fraction of sp³-hybridized carbons (Fsp3) is 0.429. The molecule has 1 fully saturated rings. The molecule has 2 aliphatic rings. The summed E-state index contributed by atoms with van der Waals surface area (Å²) in [6, 6.07) is 9.06. The molecule has 1 N–H and O–H groups in total. The first-order valence-corrected chi connectivity index (χ1v) is 9.44. The van der Waals surface area contributed by atoms with E-state index in [4.69, 9.17) is 9.47 Å². The van der Waals surface area contributed by atoms with Crippen molar-refractivity contribution in [2.75, 3.05) is 19.7 Å². The molecule has 142 valence electrons. The molecule has 2 aromatic rings. The van der Waals surface area contributed by atoms with E-state index in [1.165, 1.54) is 0 Å². The van der Waals surface area contributed by atoms with Crippen molar-refractivity contribution in [3.63, 3.8) is 0 Å². The number of carbonyl (C=O) groups is 1. The fourth-order valence-corrected chi connectivity index (χ4v) is 3.94. The topological polar surface area (TPSA) is 71.9 Å². The van der Waals surface area contributed by atoms with Gasteiger partial charge >= 0.3 is 5.97 Å². The maximum absolute atomic E-state index is 12.1. The summed E-state index contributed by atoms with van der Waals surface area (Å²) in [5.41, 5.74) is 2.93. The zero-order chi connectivity index (χ0) is 18.6. The number of para-hydroxylation sites is 1. The van der Waals surface area contributed by atoms with Gasteiger partial charge in [-0.1, -0.05) is 24.3 Å². The van der Waals surface area contributed by atoms with Gasteiger partial charge in [0.05, 0.1) is 19.3 Å². The standard InChI is InChI=1S/C21H24N2O4/c24-21(25)19(18-5-1-4-16-8-12-26-20(16)18)23-10-6-17(7-11-23)27-14-15-3-2-9-22-13-15/h1-5,9,13,17,19H,6-8,10-12,14H2,(H,24,25). The van der Waals surface area contributed by atoms with Gasteiger partial charge in [0.25, 0.3) is 0 Å². The van der Waals surface area contributed by atoms with E-state index >= 15 is 0 Å². The molecule has 1 atom stereocenters. The van der Waals surface area contributed by atoms with Gasteiger partial charge in [-0.2, -0.15) is 0 Å². The molecule has 0 amide bonds. The van der Waals surface area contributed by atoms with E-state index in [-0.39, 0.29) is 6.10 Å². The van der Waals surface area contributed by atoms with Crippen LogP contribution in [0.1, 0.15) is 35.6 Å². The first kappa shape index (κ1) is 17.9. The Hall–Kier alpha value is -2.44. The minimum absolute atomic E-state index is 0.147. The maximum atomic E-state index is 12.1. The second-order valence-electron chi connectivity index (χ2n) is 7.08. The zero-order valence-corrected chi connectivity index (χ0v) is 15.2. The maximum Gasteiger partial charge on any atom is 0.325 e. The number of aliphatic carboxylic acids is 1. The van der Waals surface area contributed by atoms with Crippen molar-refractivity contribution in [1.29, 1.82) is 0 Å². The van der Waals surface area contributed by atoms with Crippen LogP contribution in [-0.2, 0) is 22.6 Å². The Labute approximate surface area is 158 Å². The molecular formula is C21H24N2O4. The number of benzene rings is 1. The summed E-state index contributed by atoms with van der Waals surface area (Å²) in [7, 11) is 0. The average Bonchev–Trinajstić information content (AvgIpc) is 3.18. The summed E-state index contributed by atoms with van der Waals surface area (Å²) in [5.74, 6) is -0.0616. The van der Waals surface area contributed by atoms with Crippen molar-refractivity contribution >= 4 is 5.97 Å². The van der Waals surface area contributed by atoms with E-state index in [0.717, 1.165) is 41.7 Å². The van der Waals surface area contributed by atoms with Crippen LogP contribution in [0.25, 0.3) is 0 Å². The lowest BCUT2D eigenvalue weighted by molar-refractivity contribution is -0.145. The minimum Gasteiger partial charge on any atom is -0.493 e. The Kier molecular flexibility index (Phi) is 5.36. The van der Waals surface area contributed by atoms with Crippen LogP contribution in [0.2, 0.25) is 0 Å². The van der Waals surface area contributed by atoms with E-state index in [1.54, 1.807) is 6.20 Å². The molecule has 0 spiro atoms. The lowest BCUT2D eigenvalue weighted by Gasteiger charge is -2.36. The lowest BCUT2D eigenvalue weighted by Crippen LogP contribution is -2.42. The van der Waals surface area contributed by atoms with Gasteiger partial charge < -0.3 is 14.6 Å². The number of aromatic nitrogens is 1. The summed E-state index contributed by atoms with van der Waals surface area (Å²) in [4.78, 5) is 18.2. The van der Waals surface area contributed by atoms with E-state index in [9.17, 15) is 9.90 Å². The van der Waals surface area contributed by atoms with Gasteiger partial charge in [0.15, 0.2) is 0 Å². The van der Waals surface area contributed by atoms with E-state index < -0.39 is 12.0 Å². The predicted octanol–water partition coefficient (Wildman–Crippen LogP) is 2.82. The largest absolute Gasteiger partial charge is 0.493 e. The molecule has 1 unspecified atom stereocenters. The molecule has 4 rings (SSSR count). The highest BCUT2D eigenvalue weighted by Crippen LogP contribution is 2.37. The van der Waals surface area contributed by atoms with Crippen molar-refractivity contribution in [3.05, 3.63) is 59.4 Å². The van der Waals surface area contributed by atoms with Crippen LogP contribution in [0.15, 0.2) is 42.7 Å². The van der Waals surface area contributed by atoms with Gasteiger partial charge in [-0.15, -0.1) is 0 Å². The second-order valence-corrected chi connectivity index (χ2v) is 7.08. The van der Waals surface area contributed by atoms with E-state index in [1.807, 2.05) is 41.4 Å². The highest BCUT2D eigenvalue weighted by atomic mass is 16.5. The van der Waals surface area contributed by atoms with Gasteiger partial charge in [-0.05, 0) is 30.0 Å². The number of pyridine rings is 1. The molecule has 0 bridgehead atoms. The zero-order valence-electron chi connectivity index (χ0n) is 15.2. The van der Waals surface area contributed by atoms with Crippen LogP contribution in [0, 0.1) is 0 Å². The lowest BCUT2D eigenvalue weighted by atomic mass is 9.97. The molecule has 6 heteroatoms. The number of ether oxygens (including phenoxy) is 2. The summed E-state index contributed by atoms with van der Waals surface area (Å²) in [5, 5.41) is 9.89. The first-order chi connectivity index (χ1) is 13.2. The number of hydrogen-bond acceptors (Lipinski definition) is 5. The van der Waals surface area contributed by atoms with E-state index in [0.29, 0.717) is 26.3 Å². The monoisotopic (exact) mass is 368 g/mol. The second kappa shape index (κ2) is 8.06. The Balaban J connectivity index is 1.40. The number of hydrogen-bond donors (Lipinski definition) is 1. The van der Waals surface area contributed by atoms with Crippen LogP contribution in [0.4, 0.5) is 0 Å². The highest BCUT2D eigenvalue weighted by Gasteiger charge is 2.34. The smallest absolute Gasteiger partial charge is 0.325 e. The molecule has 1 aromatic carbocycles. The van der Waals surface area contributed by atoms with Crippen molar-refractivity contribution < 1.29 is 19.4 Å². The molecule has 0 radical (unpaired) electrons. The molecular weight excluding hydrogens is 344 g/mol. The summed E-state index contributed by atoms with van der Waals surface area (Å²) in [6.45, 7) is 2.56. The van der Waals surface area contributed by atoms with Gasteiger partial charge in [-0.3, -0.25) is 14.7 Å². The molecule has 2 aliphatic heterocycles. The van der Waals surface area contributed by atoms with Crippen molar-refractivity contribution in [2.45, 2.75) is 38.0 Å². The quantitative estimate of drug-likeness (QED) is 0.845. The number of piperidine rings is 1. The van der Waals surface area contributed by atoms with Crippen molar-refractivity contribution in [3.8, 4) is 5.75 Å². The average molecular weight is 368 g/mol. The Morgan fingerprint density at radius 3 is 2.89 bits per heavy atom. The van der Waals surface area contributed by atoms with Crippen LogP contribution in [0.5, 0.6) is 5.75 Å². The Morgan fingerprint density at radius 2 is 2.15 bits per heavy atom. The van der Waals surface area contributed by atoms with Gasteiger partial charge in [0, 0.05) is 37.5 Å². The number of rotatable bonds is 6. The Bertz CT molecular complexity index is 788. The van der Waals surface area contributed by atoms with Gasteiger partial charge in [0.1, 0.15) is 11.8 Å². The molecule has 1 aromatic heterocycles. The third kappa shape index (κ3) is 3.96. The number of likely N-dealkylation sites (tertiary alicyclic amines) is 1. The molecule has 0 aliphatic carbocycles. The van der Waals surface area contributed by atoms with Gasteiger partial charge in [-0.25, -0.2) is 0 Å². The SMILES string of the molecule is O=C(O)C(c1cccc2c1OCC2)N1CCC(OCc2cccnc2)CC1. The Morgan fingerprint density at radius 1 is 1.30 bits per heavy atom. The molecule has 0 saturated carbocycles.